The Hall–Kier alpha value is -3.63. The third kappa shape index (κ3) is 5.57. The first-order chi connectivity index (χ1) is 19.4. The lowest BCUT2D eigenvalue weighted by Gasteiger charge is -2.39. The highest BCUT2D eigenvalue weighted by Gasteiger charge is 2.43. The number of rotatable bonds is 6. The Morgan fingerprint density at radius 1 is 0.476 bits per heavy atom. The molecule has 4 aromatic rings. The number of halogens is 11. The van der Waals surface area contributed by atoms with Gasteiger partial charge in [0.1, 0.15) is 0 Å². The number of hydrogen-bond acceptors (Lipinski definition) is 3. The minimum absolute atomic E-state index is 0.239. The molecule has 42 heavy (non-hydrogen) atoms. The summed E-state index contributed by atoms with van der Waals surface area (Å²) in [6, 6.07) is 11.1. The van der Waals surface area contributed by atoms with Crippen molar-refractivity contribution in [1.29, 1.82) is 0 Å². The minimum Gasteiger partial charge on any atom is -0.203 e. The van der Waals surface area contributed by atoms with Crippen LogP contribution < -0.4 is 0 Å². The van der Waals surface area contributed by atoms with Gasteiger partial charge in [-0.15, -0.1) is 0 Å². The predicted molar refractivity (Wildman–Crippen MR) is 126 cm³/mol. The summed E-state index contributed by atoms with van der Waals surface area (Å²) in [5, 5.41) is 0. The van der Waals surface area contributed by atoms with Crippen molar-refractivity contribution >= 4 is 20.4 Å². The third-order valence-electron chi connectivity index (χ3n) is 5.71. The molecule has 16 heteroatoms. The van der Waals surface area contributed by atoms with Crippen LogP contribution in [0.2, 0.25) is 0 Å². The molecule has 0 spiro atoms. The fourth-order valence-electron chi connectivity index (χ4n) is 3.78. The maximum Gasteiger partial charge on any atom is 0.416 e. The molecule has 0 aliphatic carbocycles. The van der Waals surface area contributed by atoms with Crippen LogP contribution in [-0.4, -0.2) is 8.42 Å². The van der Waals surface area contributed by atoms with E-state index >= 15 is 0 Å². The molecule has 0 radical (unpaired) electrons. The van der Waals surface area contributed by atoms with E-state index in [1.165, 1.54) is 18.2 Å². The molecule has 0 saturated heterocycles. The molecular formula is C26H13F11O3S2. The van der Waals surface area contributed by atoms with Gasteiger partial charge in [0.15, 0.2) is 28.2 Å². The molecule has 4 aromatic carbocycles. The molecular weight excluding hydrogens is 633 g/mol. The van der Waals surface area contributed by atoms with Crippen LogP contribution in [0.15, 0.2) is 98.4 Å². The van der Waals surface area contributed by atoms with Crippen molar-refractivity contribution in [2.45, 2.75) is 31.9 Å². The Morgan fingerprint density at radius 2 is 0.810 bits per heavy atom. The molecule has 0 aliphatic rings. The van der Waals surface area contributed by atoms with E-state index in [-0.39, 0.29) is 4.90 Å². The second-order valence-electron chi connectivity index (χ2n) is 8.33. The topological polar surface area (TPSA) is 43.4 Å². The van der Waals surface area contributed by atoms with Gasteiger partial charge < -0.3 is 0 Å². The van der Waals surface area contributed by atoms with Crippen molar-refractivity contribution in [3.05, 3.63) is 119 Å². The van der Waals surface area contributed by atoms with Crippen LogP contribution in [0.1, 0.15) is 11.1 Å². The summed E-state index contributed by atoms with van der Waals surface area (Å²) in [7, 11) is -10.2. The fourth-order valence-corrected chi connectivity index (χ4v) is 9.09. The second kappa shape index (κ2) is 10.9. The average Bonchev–Trinajstić information content (AvgIpc) is 2.93. The molecule has 0 aliphatic heterocycles. The van der Waals surface area contributed by atoms with Gasteiger partial charge in [0.25, 0.3) is 0 Å². The van der Waals surface area contributed by atoms with Gasteiger partial charge >= 0.3 is 22.5 Å². The van der Waals surface area contributed by atoms with Crippen molar-refractivity contribution in [2.75, 3.05) is 0 Å². The molecule has 0 N–H and O–H groups in total. The predicted octanol–water partition coefficient (Wildman–Crippen LogP) is 9.02. The molecule has 0 aromatic heterocycles. The van der Waals surface area contributed by atoms with Crippen LogP contribution in [0.3, 0.4) is 0 Å². The van der Waals surface area contributed by atoms with Gasteiger partial charge in [-0.1, -0.05) is 18.2 Å². The zero-order chi connectivity index (χ0) is 31.3. The smallest absolute Gasteiger partial charge is 0.203 e. The molecule has 0 fully saturated rings. The Kier molecular flexibility index (Phi) is 8.12. The van der Waals surface area contributed by atoms with Crippen molar-refractivity contribution in [3.8, 4) is 0 Å². The SMILES string of the molecule is O=S(=O)(OS(c1ccccc1)(c1ccc(C(F)(F)F)cc1)c1ccc(C(F)(F)F)cc1)c1c(F)c(F)c(F)c(F)c1F. The van der Waals surface area contributed by atoms with Crippen molar-refractivity contribution in [3.63, 3.8) is 0 Å². The highest BCUT2D eigenvalue weighted by molar-refractivity contribution is 8.33. The highest BCUT2D eigenvalue weighted by atomic mass is 32.3. The summed E-state index contributed by atoms with van der Waals surface area (Å²) in [4.78, 5) is -3.55. The Bertz CT molecular complexity index is 1630. The summed E-state index contributed by atoms with van der Waals surface area (Å²) < 4.78 is 183. The number of benzene rings is 4. The van der Waals surface area contributed by atoms with E-state index in [9.17, 15) is 56.7 Å². The summed E-state index contributed by atoms with van der Waals surface area (Å²) in [6.07, 6.45) is -9.78. The van der Waals surface area contributed by atoms with Crippen molar-refractivity contribution in [2.24, 2.45) is 0 Å². The molecule has 0 heterocycles. The van der Waals surface area contributed by atoms with Crippen LogP contribution in [0.4, 0.5) is 48.3 Å². The lowest BCUT2D eigenvalue weighted by molar-refractivity contribution is -0.138. The van der Waals surface area contributed by atoms with Gasteiger partial charge in [-0.25, -0.2) is 25.6 Å². The average molecular weight is 646 g/mol. The standard InChI is InChI=1S/C26H13F11O3S2/c27-19-20(28)22(30)24(23(31)21(19)29)42(38,39)40-41(16-4-2-1-3-5-16,17-10-6-14(7-11-17)25(32,33)34)18-12-8-15(9-13-18)26(35,36)37/h1-13H. The summed E-state index contributed by atoms with van der Waals surface area (Å²) in [5.74, 6) is -13.6. The first kappa shape index (κ1) is 31.3. The second-order valence-corrected chi connectivity index (χ2v) is 12.7. The first-order valence-corrected chi connectivity index (χ1v) is 14.1. The van der Waals surface area contributed by atoms with E-state index in [4.69, 9.17) is 3.63 Å². The summed E-state index contributed by atoms with van der Waals surface area (Å²) >= 11 is 0. The maximum atomic E-state index is 14.6. The quantitative estimate of drug-likeness (QED) is 0.119. The largest absolute Gasteiger partial charge is 0.416 e. The lowest BCUT2D eigenvalue weighted by atomic mass is 10.2. The van der Waals surface area contributed by atoms with Crippen LogP contribution in [0, 0.1) is 29.1 Å². The minimum atomic E-state index is -6.07. The van der Waals surface area contributed by atoms with E-state index in [0.29, 0.717) is 24.3 Å². The van der Waals surface area contributed by atoms with E-state index in [2.05, 4.69) is 0 Å². The van der Waals surface area contributed by atoms with Gasteiger partial charge in [-0.2, -0.15) is 34.8 Å². The lowest BCUT2D eigenvalue weighted by Crippen LogP contribution is -2.19. The van der Waals surface area contributed by atoms with E-state index in [1.807, 2.05) is 0 Å². The van der Waals surface area contributed by atoms with E-state index in [0.717, 1.165) is 36.4 Å². The molecule has 4 rings (SSSR count). The molecule has 224 valence electrons. The van der Waals surface area contributed by atoms with Crippen LogP contribution in [0.25, 0.3) is 0 Å². The van der Waals surface area contributed by atoms with Gasteiger partial charge in [0.05, 0.1) is 11.1 Å². The Labute approximate surface area is 231 Å². The zero-order valence-corrected chi connectivity index (χ0v) is 21.8. The zero-order valence-electron chi connectivity index (χ0n) is 20.2. The Balaban J connectivity index is 2.09. The number of hydrogen-bond donors (Lipinski definition) is 0. The molecule has 0 saturated carbocycles. The van der Waals surface area contributed by atoms with Crippen LogP contribution >= 0.6 is 10.3 Å². The summed E-state index contributed by atoms with van der Waals surface area (Å²) in [5.41, 5.74) is -2.47. The maximum absolute atomic E-state index is 14.6. The first-order valence-electron chi connectivity index (χ1n) is 11.1. The van der Waals surface area contributed by atoms with Gasteiger partial charge in [0.2, 0.25) is 5.82 Å². The molecule has 0 amide bonds. The molecule has 0 unspecified atom stereocenters. The van der Waals surface area contributed by atoms with Gasteiger partial charge in [0, 0.05) is 14.7 Å². The fraction of sp³-hybridized carbons (Fsp3) is 0.0769. The van der Waals surface area contributed by atoms with Gasteiger partial charge in [-0.3, -0.25) is 0 Å². The Morgan fingerprint density at radius 3 is 1.17 bits per heavy atom. The molecule has 3 nitrogen and oxygen atoms in total. The monoisotopic (exact) mass is 646 g/mol. The van der Waals surface area contributed by atoms with E-state index < -0.39 is 87.7 Å². The van der Waals surface area contributed by atoms with Crippen LogP contribution in [-0.2, 0) is 26.1 Å². The van der Waals surface area contributed by atoms with Crippen molar-refractivity contribution in [1.82, 2.24) is 0 Å². The van der Waals surface area contributed by atoms with E-state index in [1.54, 1.807) is 0 Å². The van der Waals surface area contributed by atoms with Gasteiger partial charge in [-0.05, 0) is 71.0 Å². The highest BCUT2D eigenvalue weighted by Crippen LogP contribution is 2.70. The number of alkyl halides is 6. The molecule has 0 atom stereocenters. The van der Waals surface area contributed by atoms with Crippen molar-refractivity contribution < 1.29 is 60.3 Å². The summed E-state index contributed by atoms with van der Waals surface area (Å²) in [6.45, 7) is 0. The third-order valence-corrected chi connectivity index (χ3v) is 10.9. The molecule has 0 bridgehead atoms. The normalized spacial score (nSPS) is 13.3. The van der Waals surface area contributed by atoms with Crippen LogP contribution in [0.5, 0.6) is 0 Å².